The van der Waals surface area contributed by atoms with Crippen molar-refractivity contribution >= 4 is 11.7 Å². The van der Waals surface area contributed by atoms with Crippen molar-refractivity contribution in [1.29, 1.82) is 0 Å². The summed E-state index contributed by atoms with van der Waals surface area (Å²) in [4.78, 5) is 11.2. The van der Waals surface area contributed by atoms with Crippen molar-refractivity contribution in [2.24, 2.45) is 0 Å². The second kappa shape index (κ2) is 5.17. The van der Waals surface area contributed by atoms with Gasteiger partial charge in [0.25, 0.3) is 0 Å². The number of benzene rings is 1. The lowest BCUT2D eigenvalue weighted by molar-refractivity contribution is -0.141. The van der Waals surface area contributed by atoms with Crippen LogP contribution in [0.15, 0.2) is 18.2 Å². The van der Waals surface area contributed by atoms with Crippen molar-refractivity contribution < 1.29 is 14.3 Å². The van der Waals surface area contributed by atoms with Crippen molar-refractivity contribution in [2.75, 3.05) is 5.32 Å². The molecule has 1 rings (SSSR count). The standard InChI is InChI=1S/C13H18FNO2/c1-4-7-13(3,12(16)17)15-11-6-5-9(2)8-10(11)14/h5-6,8,15H,4,7H2,1-3H3,(H,16,17). The number of aliphatic carboxylic acids is 1. The maximum Gasteiger partial charge on any atom is 0.329 e. The Bertz CT molecular complexity index is 420. The minimum absolute atomic E-state index is 0.231. The van der Waals surface area contributed by atoms with Crippen molar-refractivity contribution in [3.63, 3.8) is 0 Å². The van der Waals surface area contributed by atoms with Gasteiger partial charge in [-0.3, -0.25) is 0 Å². The molecule has 0 radical (unpaired) electrons. The maximum absolute atomic E-state index is 13.6. The highest BCUT2D eigenvalue weighted by Gasteiger charge is 2.32. The van der Waals surface area contributed by atoms with E-state index >= 15 is 0 Å². The third-order valence-corrected chi connectivity index (χ3v) is 2.76. The third-order valence-electron chi connectivity index (χ3n) is 2.76. The molecule has 17 heavy (non-hydrogen) atoms. The highest BCUT2D eigenvalue weighted by molar-refractivity contribution is 5.82. The molecular formula is C13H18FNO2. The quantitative estimate of drug-likeness (QED) is 0.829. The van der Waals surface area contributed by atoms with Gasteiger partial charge in [-0.05, 0) is 38.0 Å². The monoisotopic (exact) mass is 239 g/mol. The largest absolute Gasteiger partial charge is 0.480 e. The van der Waals surface area contributed by atoms with Crippen LogP contribution in [0.1, 0.15) is 32.3 Å². The number of aryl methyl sites for hydroxylation is 1. The minimum Gasteiger partial charge on any atom is -0.480 e. The molecule has 1 aromatic carbocycles. The molecule has 2 N–H and O–H groups in total. The Labute approximate surface area is 101 Å². The van der Waals surface area contributed by atoms with Crippen LogP contribution in [0.4, 0.5) is 10.1 Å². The molecule has 3 nitrogen and oxygen atoms in total. The van der Waals surface area contributed by atoms with Gasteiger partial charge in [0.15, 0.2) is 0 Å². The molecule has 1 atom stereocenters. The zero-order valence-electron chi connectivity index (χ0n) is 10.4. The molecule has 0 aromatic heterocycles. The number of hydrogen-bond acceptors (Lipinski definition) is 2. The fourth-order valence-electron chi connectivity index (χ4n) is 1.74. The number of hydrogen-bond donors (Lipinski definition) is 2. The van der Waals surface area contributed by atoms with E-state index < -0.39 is 17.3 Å². The number of carbonyl (C=O) groups is 1. The Morgan fingerprint density at radius 2 is 2.18 bits per heavy atom. The van der Waals surface area contributed by atoms with Gasteiger partial charge in [-0.15, -0.1) is 0 Å². The van der Waals surface area contributed by atoms with E-state index in [0.717, 1.165) is 5.56 Å². The van der Waals surface area contributed by atoms with Gasteiger partial charge < -0.3 is 10.4 Å². The van der Waals surface area contributed by atoms with E-state index in [4.69, 9.17) is 0 Å². The Morgan fingerprint density at radius 1 is 1.53 bits per heavy atom. The summed E-state index contributed by atoms with van der Waals surface area (Å²) < 4.78 is 13.6. The van der Waals surface area contributed by atoms with Gasteiger partial charge in [-0.2, -0.15) is 0 Å². The number of carboxylic acid groups (broad SMARTS) is 1. The summed E-state index contributed by atoms with van der Waals surface area (Å²) in [5, 5.41) is 12.0. The van der Waals surface area contributed by atoms with Crippen LogP contribution in [0, 0.1) is 12.7 Å². The number of carboxylic acids is 1. The molecule has 0 aliphatic rings. The van der Waals surface area contributed by atoms with Crippen LogP contribution in [-0.2, 0) is 4.79 Å². The van der Waals surface area contributed by atoms with Crippen LogP contribution in [0.5, 0.6) is 0 Å². The van der Waals surface area contributed by atoms with Crippen LogP contribution in [0.2, 0.25) is 0 Å². The lowest BCUT2D eigenvalue weighted by atomic mass is 9.95. The number of nitrogens with one attached hydrogen (secondary N) is 1. The topological polar surface area (TPSA) is 49.3 Å². The predicted octanol–water partition coefficient (Wildman–Crippen LogP) is 3.19. The average molecular weight is 239 g/mol. The Hall–Kier alpha value is -1.58. The molecule has 0 heterocycles. The average Bonchev–Trinajstić information content (AvgIpc) is 2.22. The molecule has 1 aromatic rings. The summed E-state index contributed by atoms with van der Waals surface area (Å²) in [6.07, 6.45) is 1.15. The lowest BCUT2D eigenvalue weighted by Crippen LogP contribution is -2.43. The summed E-state index contributed by atoms with van der Waals surface area (Å²) in [6, 6.07) is 4.71. The summed E-state index contributed by atoms with van der Waals surface area (Å²) in [6.45, 7) is 5.25. The maximum atomic E-state index is 13.6. The first kappa shape index (κ1) is 13.5. The molecule has 1 unspecified atom stereocenters. The molecule has 0 fully saturated rings. The van der Waals surface area contributed by atoms with E-state index in [-0.39, 0.29) is 5.69 Å². The fourth-order valence-corrected chi connectivity index (χ4v) is 1.74. The van der Waals surface area contributed by atoms with E-state index in [0.29, 0.717) is 12.8 Å². The van der Waals surface area contributed by atoms with Crippen molar-refractivity contribution in [3.8, 4) is 0 Å². The normalized spacial score (nSPS) is 14.1. The Kier molecular flexibility index (Phi) is 4.10. The molecule has 0 aliphatic carbocycles. The van der Waals surface area contributed by atoms with Gasteiger partial charge in [-0.1, -0.05) is 19.4 Å². The van der Waals surface area contributed by atoms with Crippen molar-refractivity contribution in [3.05, 3.63) is 29.6 Å². The zero-order chi connectivity index (χ0) is 13.1. The van der Waals surface area contributed by atoms with Gasteiger partial charge in [0.1, 0.15) is 11.4 Å². The zero-order valence-corrected chi connectivity index (χ0v) is 10.4. The molecular weight excluding hydrogens is 221 g/mol. The molecule has 94 valence electrons. The van der Waals surface area contributed by atoms with Crippen LogP contribution in [-0.4, -0.2) is 16.6 Å². The smallest absolute Gasteiger partial charge is 0.329 e. The fraction of sp³-hybridized carbons (Fsp3) is 0.462. The summed E-state index contributed by atoms with van der Waals surface area (Å²) >= 11 is 0. The van der Waals surface area contributed by atoms with Gasteiger partial charge in [0, 0.05) is 0 Å². The number of anilines is 1. The minimum atomic E-state index is -1.13. The molecule has 4 heteroatoms. The summed E-state index contributed by atoms with van der Waals surface area (Å²) in [5.74, 6) is -1.40. The third kappa shape index (κ3) is 3.19. The Morgan fingerprint density at radius 3 is 2.65 bits per heavy atom. The van der Waals surface area contributed by atoms with Crippen molar-refractivity contribution in [2.45, 2.75) is 39.2 Å². The van der Waals surface area contributed by atoms with Crippen LogP contribution < -0.4 is 5.32 Å². The van der Waals surface area contributed by atoms with Crippen molar-refractivity contribution in [1.82, 2.24) is 0 Å². The van der Waals surface area contributed by atoms with Crippen LogP contribution >= 0.6 is 0 Å². The van der Waals surface area contributed by atoms with Gasteiger partial charge in [0.2, 0.25) is 0 Å². The SMILES string of the molecule is CCCC(C)(Nc1ccc(C)cc1F)C(=O)O. The van der Waals surface area contributed by atoms with E-state index in [9.17, 15) is 14.3 Å². The van der Waals surface area contributed by atoms with E-state index in [1.807, 2.05) is 6.92 Å². The van der Waals surface area contributed by atoms with Gasteiger partial charge in [-0.25, -0.2) is 9.18 Å². The molecule has 0 saturated carbocycles. The first-order valence-electron chi connectivity index (χ1n) is 5.67. The Balaban J connectivity index is 2.98. The summed E-state index contributed by atoms with van der Waals surface area (Å²) in [7, 11) is 0. The highest BCUT2D eigenvalue weighted by atomic mass is 19.1. The molecule has 0 amide bonds. The first-order chi connectivity index (χ1) is 7.89. The predicted molar refractivity (Wildman–Crippen MR) is 65.7 cm³/mol. The molecule has 0 spiro atoms. The van der Waals surface area contributed by atoms with E-state index in [1.54, 1.807) is 26.0 Å². The van der Waals surface area contributed by atoms with E-state index in [1.165, 1.54) is 6.07 Å². The molecule has 0 aliphatic heterocycles. The van der Waals surface area contributed by atoms with E-state index in [2.05, 4.69) is 5.32 Å². The van der Waals surface area contributed by atoms with Gasteiger partial charge in [0.05, 0.1) is 5.69 Å². The highest BCUT2D eigenvalue weighted by Crippen LogP contribution is 2.23. The number of halogens is 1. The van der Waals surface area contributed by atoms with Crippen LogP contribution in [0.25, 0.3) is 0 Å². The first-order valence-corrected chi connectivity index (χ1v) is 5.67. The van der Waals surface area contributed by atoms with Crippen LogP contribution in [0.3, 0.4) is 0 Å². The lowest BCUT2D eigenvalue weighted by Gasteiger charge is -2.27. The summed E-state index contributed by atoms with van der Waals surface area (Å²) in [5.41, 5.74) is -0.0975. The second-order valence-electron chi connectivity index (χ2n) is 4.50. The molecule has 0 bridgehead atoms. The second-order valence-corrected chi connectivity index (χ2v) is 4.50. The number of rotatable bonds is 5. The van der Waals surface area contributed by atoms with Gasteiger partial charge >= 0.3 is 5.97 Å². The molecule has 0 saturated heterocycles.